The van der Waals surface area contributed by atoms with E-state index in [1.165, 1.54) is 0 Å². The lowest BCUT2D eigenvalue weighted by atomic mass is 10.1. The van der Waals surface area contributed by atoms with Crippen LogP contribution in [0.5, 0.6) is 0 Å². The molecule has 1 atom stereocenters. The topological polar surface area (TPSA) is 65.5 Å². The Morgan fingerprint density at radius 1 is 1.53 bits per heavy atom. The lowest BCUT2D eigenvalue weighted by Crippen LogP contribution is -2.29. The SMILES string of the molecule is CCNc1cc(C(=O)N2CCC(O)C2)cc(CC)n1. The number of anilines is 1. The van der Waals surface area contributed by atoms with Crippen LogP contribution in [0.4, 0.5) is 5.82 Å². The fraction of sp³-hybridized carbons (Fsp3) is 0.571. The summed E-state index contributed by atoms with van der Waals surface area (Å²) in [4.78, 5) is 18.5. The number of rotatable bonds is 4. The number of aliphatic hydroxyl groups excluding tert-OH is 1. The van der Waals surface area contributed by atoms with E-state index in [-0.39, 0.29) is 12.0 Å². The molecule has 0 saturated carbocycles. The van der Waals surface area contributed by atoms with Crippen LogP contribution in [0.15, 0.2) is 12.1 Å². The number of carbonyl (C=O) groups is 1. The molecule has 1 aliphatic heterocycles. The molecule has 1 fully saturated rings. The van der Waals surface area contributed by atoms with Crippen LogP contribution in [0.25, 0.3) is 0 Å². The van der Waals surface area contributed by atoms with Crippen molar-refractivity contribution in [2.24, 2.45) is 0 Å². The normalized spacial score (nSPS) is 18.7. The average Bonchev–Trinajstić information content (AvgIpc) is 2.84. The summed E-state index contributed by atoms with van der Waals surface area (Å²) in [6.45, 7) is 5.85. The van der Waals surface area contributed by atoms with Gasteiger partial charge >= 0.3 is 0 Å². The molecule has 104 valence electrons. The zero-order valence-electron chi connectivity index (χ0n) is 11.5. The molecule has 1 amide bonds. The van der Waals surface area contributed by atoms with E-state index in [4.69, 9.17) is 0 Å². The minimum atomic E-state index is -0.385. The van der Waals surface area contributed by atoms with Crippen molar-refractivity contribution in [3.8, 4) is 0 Å². The van der Waals surface area contributed by atoms with Crippen molar-refractivity contribution in [3.05, 3.63) is 23.4 Å². The Hall–Kier alpha value is -1.62. The second-order valence-corrected chi connectivity index (χ2v) is 4.81. The quantitative estimate of drug-likeness (QED) is 0.859. The number of aromatic nitrogens is 1. The number of pyridine rings is 1. The largest absolute Gasteiger partial charge is 0.391 e. The van der Waals surface area contributed by atoms with Crippen molar-refractivity contribution in [1.29, 1.82) is 0 Å². The summed E-state index contributed by atoms with van der Waals surface area (Å²) in [5.74, 6) is 0.720. The number of nitrogens with one attached hydrogen (secondary N) is 1. The molecular formula is C14H21N3O2. The summed E-state index contributed by atoms with van der Waals surface area (Å²) in [5, 5.41) is 12.7. The van der Waals surface area contributed by atoms with Crippen LogP contribution in [0, 0.1) is 0 Å². The number of amides is 1. The number of carbonyl (C=O) groups excluding carboxylic acids is 1. The molecule has 2 N–H and O–H groups in total. The van der Waals surface area contributed by atoms with Gasteiger partial charge in [0.25, 0.3) is 5.91 Å². The van der Waals surface area contributed by atoms with Crippen molar-refractivity contribution in [1.82, 2.24) is 9.88 Å². The fourth-order valence-corrected chi connectivity index (χ4v) is 2.27. The Morgan fingerprint density at radius 3 is 2.89 bits per heavy atom. The van der Waals surface area contributed by atoms with Gasteiger partial charge < -0.3 is 15.3 Å². The van der Waals surface area contributed by atoms with E-state index in [1.54, 1.807) is 11.0 Å². The molecule has 5 heteroatoms. The highest BCUT2D eigenvalue weighted by molar-refractivity contribution is 5.95. The van der Waals surface area contributed by atoms with Crippen LogP contribution in [0.1, 0.15) is 36.3 Å². The van der Waals surface area contributed by atoms with E-state index in [2.05, 4.69) is 10.3 Å². The van der Waals surface area contributed by atoms with Gasteiger partial charge in [0.1, 0.15) is 5.82 Å². The van der Waals surface area contributed by atoms with Gasteiger partial charge in [-0.15, -0.1) is 0 Å². The zero-order chi connectivity index (χ0) is 13.8. The standard InChI is InChI=1S/C14H21N3O2/c1-3-11-7-10(8-13(16-11)15-4-2)14(19)17-6-5-12(18)9-17/h7-8,12,18H,3-6,9H2,1-2H3,(H,15,16). The van der Waals surface area contributed by atoms with Crippen molar-refractivity contribution in [2.45, 2.75) is 32.8 Å². The van der Waals surface area contributed by atoms with Crippen molar-refractivity contribution >= 4 is 11.7 Å². The molecule has 0 bridgehead atoms. The van der Waals surface area contributed by atoms with E-state index in [0.717, 1.165) is 24.5 Å². The highest BCUT2D eigenvalue weighted by atomic mass is 16.3. The van der Waals surface area contributed by atoms with Crippen molar-refractivity contribution in [3.63, 3.8) is 0 Å². The maximum absolute atomic E-state index is 12.4. The van der Waals surface area contributed by atoms with Crippen LogP contribution in [-0.4, -0.2) is 46.6 Å². The number of hydrogen-bond acceptors (Lipinski definition) is 4. The maximum Gasteiger partial charge on any atom is 0.254 e. The summed E-state index contributed by atoms with van der Waals surface area (Å²) in [7, 11) is 0. The van der Waals surface area contributed by atoms with E-state index in [9.17, 15) is 9.90 Å². The molecule has 0 spiro atoms. The second-order valence-electron chi connectivity index (χ2n) is 4.81. The van der Waals surface area contributed by atoms with Gasteiger partial charge in [-0.3, -0.25) is 4.79 Å². The highest BCUT2D eigenvalue weighted by Crippen LogP contribution is 2.17. The number of aryl methyl sites for hydroxylation is 1. The first-order chi connectivity index (χ1) is 9.13. The minimum Gasteiger partial charge on any atom is -0.391 e. The van der Waals surface area contributed by atoms with E-state index in [1.807, 2.05) is 19.9 Å². The molecule has 1 saturated heterocycles. The van der Waals surface area contributed by atoms with Crippen molar-refractivity contribution in [2.75, 3.05) is 25.0 Å². The molecule has 1 aliphatic rings. The van der Waals surface area contributed by atoms with E-state index in [0.29, 0.717) is 25.1 Å². The average molecular weight is 263 g/mol. The molecule has 2 rings (SSSR count). The van der Waals surface area contributed by atoms with Crippen molar-refractivity contribution < 1.29 is 9.90 Å². The highest BCUT2D eigenvalue weighted by Gasteiger charge is 2.25. The van der Waals surface area contributed by atoms with Gasteiger partial charge in [-0.25, -0.2) is 4.98 Å². The molecule has 1 unspecified atom stereocenters. The molecule has 1 aromatic rings. The summed E-state index contributed by atoms with van der Waals surface area (Å²) >= 11 is 0. The van der Waals surface area contributed by atoms with Gasteiger partial charge in [-0.1, -0.05) is 6.92 Å². The summed E-state index contributed by atoms with van der Waals surface area (Å²) in [5.41, 5.74) is 1.55. The Kier molecular flexibility index (Phi) is 4.37. The Bertz CT molecular complexity index is 462. The number of β-amino-alcohol motifs (C(OH)–C–C–N with tert-alkyl or cyclic N) is 1. The third-order valence-corrected chi connectivity index (χ3v) is 3.30. The van der Waals surface area contributed by atoms with Gasteiger partial charge in [-0.05, 0) is 31.9 Å². The number of hydrogen-bond donors (Lipinski definition) is 2. The molecule has 0 aliphatic carbocycles. The lowest BCUT2D eigenvalue weighted by Gasteiger charge is -2.16. The first-order valence-electron chi connectivity index (χ1n) is 6.86. The number of likely N-dealkylation sites (tertiary alicyclic amines) is 1. The van der Waals surface area contributed by atoms with Crippen LogP contribution in [0.2, 0.25) is 0 Å². The van der Waals surface area contributed by atoms with Gasteiger partial charge in [-0.2, -0.15) is 0 Å². The van der Waals surface area contributed by atoms with E-state index < -0.39 is 0 Å². The molecule has 0 aromatic carbocycles. The smallest absolute Gasteiger partial charge is 0.254 e. The third kappa shape index (κ3) is 3.23. The van der Waals surface area contributed by atoms with Gasteiger partial charge in [0.15, 0.2) is 0 Å². The van der Waals surface area contributed by atoms with Gasteiger partial charge in [0.05, 0.1) is 6.10 Å². The summed E-state index contributed by atoms with van der Waals surface area (Å²) in [6.07, 6.45) is 1.07. The molecule has 0 radical (unpaired) electrons. The molecule has 19 heavy (non-hydrogen) atoms. The zero-order valence-corrected chi connectivity index (χ0v) is 11.5. The van der Waals surface area contributed by atoms with Crippen LogP contribution in [-0.2, 0) is 6.42 Å². The molecule has 1 aromatic heterocycles. The van der Waals surface area contributed by atoms with Crippen LogP contribution in [0.3, 0.4) is 0 Å². The third-order valence-electron chi connectivity index (χ3n) is 3.30. The number of nitrogens with zero attached hydrogens (tertiary/aromatic N) is 2. The predicted octanol–water partition coefficient (Wildman–Crippen LogP) is 1.28. The first kappa shape index (κ1) is 13.8. The molecule has 2 heterocycles. The van der Waals surface area contributed by atoms with Crippen LogP contribution >= 0.6 is 0 Å². The predicted molar refractivity (Wildman–Crippen MR) is 74.3 cm³/mol. The minimum absolute atomic E-state index is 0.0206. The van der Waals surface area contributed by atoms with Gasteiger partial charge in [0, 0.05) is 30.9 Å². The fourth-order valence-electron chi connectivity index (χ4n) is 2.27. The Balaban J connectivity index is 2.22. The maximum atomic E-state index is 12.4. The second kappa shape index (κ2) is 6.02. The van der Waals surface area contributed by atoms with E-state index >= 15 is 0 Å². The first-order valence-corrected chi connectivity index (χ1v) is 6.86. The van der Waals surface area contributed by atoms with Gasteiger partial charge in [0.2, 0.25) is 0 Å². The Morgan fingerprint density at radius 2 is 2.32 bits per heavy atom. The number of aliphatic hydroxyl groups is 1. The summed E-state index contributed by atoms with van der Waals surface area (Å²) in [6, 6.07) is 3.63. The molecular weight excluding hydrogens is 242 g/mol. The molecule has 5 nitrogen and oxygen atoms in total. The Labute approximate surface area is 113 Å². The van der Waals surface area contributed by atoms with Crippen LogP contribution < -0.4 is 5.32 Å². The summed E-state index contributed by atoms with van der Waals surface area (Å²) < 4.78 is 0. The monoisotopic (exact) mass is 263 g/mol. The lowest BCUT2D eigenvalue weighted by molar-refractivity contribution is 0.0765.